The molecule has 0 aliphatic rings. The normalized spacial score (nSPS) is 12.0. The van der Waals surface area contributed by atoms with Crippen LogP contribution in [0.5, 0.6) is 0 Å². The molecule has 0 aromatic heterocycles. The van der Waals surface area contributed by atoms with E-state index in [2.05, 4.69) is 15.9 Å². The van der Waals surface area contributed by atoms with E-state index in [1.807, 2.05) is 19.1 Å². The van der Waals surface area contributed by atoms with Crippen molar-refractivity contribution in [2.75, 3.05) is 26.8 Å². The van der Waals surface area contributed by atoms with Gasteiger partial charge in [0.05, 0.1) is 11.5 Å². The Morgan fingerprint density at radius 1 is 1.28 bits per heavy atom. The topological polar surface area (TPSA) is 46.6 Å². The predicted molar refractivity (Wildman–Crippen MR) is 75.4 cm³/mol. The maximum absolute atomic E-state index is 12.3. The Bertz CT molecular complexity index is 459. The zero-order valence-corrected chi connectivity index (χ0v) is 13.0. The lowest BCUT2D eigenvalue weighted by molar-refractivity contribution is 0.180. The second-order valence-corrected chi connectivity index (χ2v) is 6.27. The molecule has 0 atom stereocenters. The van der Waals surface area contributed by atoms with Crippen LogP contribution in [-0.4, -0.2) is 39.5 Å². The summed E-state index contributed by atoms with van der Waals surface area (Å²) < 4.78 is 31.0. The summed E-state index contributed by atoms with van der Waals surface area (Å²) in [7, 11) is -1.85. The first-order chi connectivity index (χ1) is 8.56. The van der Waals surface area contributed by atoms with Gasteiger partial charge in [-0.25, -0.2) is 8.42 Å². The van der Waals surface area contributed by atoms with Crippen LogP contribution in [0.4, 0.5) is 0 Å². The molecule has 0 saturated heterocycles. The average molecular weight is 336 g/mol. The molecule has 0 N–H and O–H groups in total. The summed E-state index contributed by atoms with van der Waals surface area (Å²) in [5.41, 5.74) is 1.05. The Labute approximate surface area is 117 Å². The Morgan fingerprint density at radius 3 is 2.33 bits per heavy atom. The summed E-state index contributed by atoms with van der Waals surface area (Å²) in [6, 6.07) is 6.90. The second kappa shape index (κ2) is 7.23. The van der Waals surface area contributed by atoms with Crippen molar-refractivity contribution in [1.29, 1.82) is 0 Å². The molecule has 0 aliphatic carbocycles. The maximum Gasteiger partial charge on any atom is 0.243 e. The number of rotatable bonds is 7. The monoisotopic (exact) mass is 335 g/mol. The number of nitrogens with zero attached hydrogens (tertiary/aromatic N) is 1. The van der Waals surface area contributed by atoms with Crippen molar-refractivity contribution in [2.45, 2.75) is 17.1 Å². The molecule has 0 amide bonds. The molecule has 1 rings (SSSR count). The number of likely N-dealkylation sites (N-methyl/N-ethyl adjacent to an activating group) is 1. The van der Waals surface area contributed by atoms with Crippen molar-refractivity contribution in [3.63, 3.8) is 0 Å². The van der Waals surface area contributed by atoms with E-state index in [1.54, 1.807) is 19.2 Å². The first-order valence-corrected chi connectivity index (χ1v) is 8.26. The van der Waals surface area contributed by atoms with Gasteiger partial charge in [-0.2, -0.15) is 4.31 Å². The molecule has 0 spiro atoms. The third-order valence-corrected chi connectivity index (χ3v) is 5.25. The summed E-state index contributed by atoms with van der Waals surface area (Å²) in [5.74, 6) is 0. The van der Waals surface area contributed by atoms with Crippen molar-refractivity contribution in [3.8, 4) is 0 Å². The fourth-order valence-corrected chi connectivity index (χ4v) is 3.35. The number of hydrogen-bond acceptors (Lipinski definition) is 3. The Balaban J connectivity index is 2.95. The molecule has 0 saturated carbocycles. The Morgan fingerprint density at radius 2 is 1.89 bits per heavy atom. The Kier molecular flexibility index (Phi) is 6.28. The Hall–Kier alpha value is -0.430. The van der Waals surface area contributed by atoms with Crippen LogP contribution in [0.15, 0.2) is 29.2 Å². The summed E-state index contributed by atoms with van der Waals surface area (Å²) >= 11 is 3.33. The highest BCUT2D eigenvalue weighted by atomic mass is 79.9. The van der Waals surface area contributed by atoms with Gasteiger partial charge in [-0.1, -0.05) is 35.0 Å². The first-order valence-electron chi connectivity index (χ1n) is 5.70. The fourth-order valence-electron chi connectivity index (χ4n) is 1.54. The average Bonchev–Trinajstić information content (AvgIpc) is 2.39. The molecule has 0 aliphatic heterocycles. The number of methoxy groups -OCH3 is 1. The van der Waals surface area contributed by atoms with E-state index in [9.17, 15) is 8.42 Å². The number of alkyl halides is 1. The van der Waals surface area contributed by atoms with E-state index in [4.69, 9.17) is 4.74 Å². The third-order valence-electron chi connectivity index (χ3n) is 2.61. The minimum absolute atomic E-state index is 0.324. The molecule has 0 unspecified atom stereocenters. The molecule has 102 valence electrons. The SMILES string of the molecule is CCN(CCOC)S(=O)(=O)c1ccc(CBr)cc1. The minimum atomic E-state index is -3.41. The highest BCUT2D eigenvalue weighted by Gasteiger charge is 2.22. The molecule has 1 aromatic carbocycles. The zero-order chi connectivity index (χ0) is 13.6. The van der Waals surface area contributed by atoms with Gasteiger partial charge in [-0.15, -0.1) is 0 Å². The second-order valence-electron chi connectivity index (χ2n) is 3.77. The van der Waals surface area contributed by atoms with Crippen molar-refractivity contribution >= 4 is 26.0 Å². The van der Waals surface area contributed by atoms with E-state index >= 15 is 0 Å². The van der Waals surface area contributed by atoms with Crippen molar-refractivity contribution in [3.05, 3.63) is 29.8 Å². The number of ether oxygens (including phenoxy) is 1. The lowest BCUT2D eigenvalue weighted by atomic mass is 10.2. The molecule has 18 heavy (non-hydrogen) atoms. The zero-order valence-electron chi connectivity index (χ0n) is 10.6. The van der Waals surface area contributed by atoms with Crippen LogP contribution in [-0.2, 0) is 20.1 Å². The first kappa shape index (κ1) is 15.6. The van der Waals surface area contributed by atoms with Gasteiger partial charge in [0.25, 0.3) is 0 Å². The van der Waals surface area contributed by atoms with Gasteiger partial charge >= 0.3 is 0 Å². The molecule has 0 fully saturated rings. The summed E-state index contributed by atoms with van der Waals surface area (Å²) in [6.07, 6.45) is 0. The van der Waals surface area contributed by atoms with Gasteiger partial charge in [0.2, 0.25) is 10.0 Å². The molecule has 0 bridgehead atoms. The van der Waals surface area contributed by atoms with Crippen molar-refractivity contribution < 1.29 is 13.2 Å². The van der Waals surface area contributed by atoms with Gasteiger partial charge < -0.3 is 4.74 Å². The molecule has 1 aromatic rings. The van der Waals surface area contributed by atoms with Gasteiger partial charge in [0.15, 0.2) is 0 Å². The quantitative estimate of drug-likeness (QED) is 0.718. The summed E-state index contributed by atoms with van der Waals surface area (Å²) in [4.78, 5) is 0.324. The predicted octanol–water partition coefficient (Wildman–Crippen LogP) is 2.24. The standard InChI is InChI=1S/C12H18BrNO3S/c1-3-14(8-9-17-2)18(15,16)12-6-4-11(10-13)5-7-12/h4-7H,3,8-10H2,1-2H3. The molecular formula is C12H18BrNO3S. The number of benzene rings is 1. The van der Waals surface area contributed by atoms with E-state index in [-0.39, 0.29) is 0 Å². The fraction of sp³-hybridized carbons (Fsp3) is 0.500. The molecule has 6 heteroatoms. The van der Waals surface area contributed by atoms with Crippen molar-refractivity contribution in [1.82, 2.24) is 4.31 Å². The maximum atomic E-state index is 12.3. The highest BCUT2D eigenvalue weighted by Crippen LogP contribution is 2.17. The number of halogens is 1. The lowest BCUT2D eigenvalue weighted by Crippen LogP contribution is -2.33. The van der Waals surface area contributed by atoms with Crippen LogP contribution in [0, 0.1) is 0 Å². The van der Waals surface area contributed by atoms with Gasteiger partial charge in [-0.05, 0) is 17.7 Å². The minimum Gasteiger partial charge on any atom is -0.383 e. The van der Waals surface area contributed by atoms with Gasteiger partial charge in [-0.3, -0.25) is 0 Å². The van der Waals surface area contributed by atoms with E-state index in [1.165, 1.54) is 4.31 Å². The van der Waals surface area contributed by atoms with E-state index < -0.39 is 10.0 Å². The van der Waals surface area contributed by atoms with Crippen molar-refractivity contribution in [2.24, 2.45) is 0 Å². The lowest BCUT2D eigenvalue weighted by Gasteiger charge is -2.20. The van der Waals surface area contributed by atoms with Crippen LogP contribution in [0.2, 0.25) is 0 Å². The molecule has 4 nitrogen and oxygen atoms in total. The number of hydrogen-bond donors (Lipinski definition) is 0. The molecule has 0 heterocycles. The van der Waals surface area contributed by atoms with Crippen LogP contribution in [0.25, 0.3) is 0 Å². The highest BCUT2D eigenvalue weighted by molar-refractivity contribution is 9.08. The van der Waals surface area contributed by atoms with Crippen LogP contribution >= 0.6 is 15.9 Å². The largest absolute Gasteiger partial charge is 0.383 e. The van der Waals surface area contributed by atoms with Crippen LogP contribution in [0.1, 0.15) is 12.5 Å². The number of sulfonamides is 1. The summed E-state index contributed by atoms with van der Waals surface area (Å²) in [6.45, 7) is 3.02. The van der Waals surface area contributed by atoms with Gasteiger partial charge in [0, 0.05) is 25.5 Å². The molecule has 0 radical (unpaired) electrons. The van der Waals surface area contributed by atoms with Crippen LogP contribution in [0.3, 0.4) is 0 Å². The van der Waals surface area contributed by atoms with Crippen LogP contribution < -0.4 is 0 Å². The summed E-state index contributed by atoms with van der Waals surface area (Å²) in [5, 5.41) is 0.717. The smallest absolute Gasteiger partial charge is 0.243 e. The molecular weight excluding hydrogens is 318 g/mol. The van der Waals surface area contributed by atoms with E-state index in [0.717, 1.165) is 5.56 Å². The van der Waals surface area contributed by atoms with E-state index in [0.29, 0.717) is 29.9 Å². The third kappa shape index (κ3) is 3.78. The van der Waals surface area contributed by atoms with Gasteiger partial charge in [0.1, 0.15) is 0 Å².